The highest BCUT2D eigenvalue weighted by molar-refractivity contribution is 6.36. The van der Waals surface area contributed by atoms with Gasteiger partial charge in [-0.1, -0.05) is 36.2 Å². The molecule has 4 heteroatoms. The topological polar surface area (TPSA) is 35.2 Å². The van der Waals surface area contributed by atoms with E-state index in [1.54, 1.807) is 13.2 Å². The first kappa shape index (κ1) is 14.0. The zero-order chi connectivity index (χ0) is 14.0. The van der Waals surface area contributed by atoms with Gasteiger partial charge in [-0.15, -0.1) is 0 Å². The Kier molecular flexibility index (Phi) is 4.23. The van der Waals surface area contributed by atoms with Crippen LogP contribution in [-0.4, -0.2) is 7.11 Å². The first-order valence-corrected chi connectivity index (χ1v) is 6.74. The first-order chi connectivity index (χ1) is 9.06. The van der Waals surface area contributed by atoms with Gasteiger partial charge in [0, 0.05) is 17.3 Å². The van der Waals surface area contributed by atoms with E-state index in [9.17, 15) is 0 Å². The predicted molar refractivity (Wildman–Crippen MR) is 82.2 cm³/mol. The van der Waals surface area contributed by atoms with E-state index in [0.29, 0.717) is 15.8 Å². The van der Waals surface area contributed by atoms with E-state index in [4.69, 9.17) is 33.7 Å². The monoisotopic (exact) mass is 295 g/mol. The molecule has 0 saturated carbocycles. The van der Waals surface area contributed by atoms with Crippen LogP contribution in [0.5, 0.6) is 5.75 Å². The van der Waals surface area contributed by atoms with Crippen LogP contribution < -0.4 is 10.5 Å². The second kappa shape index (κ2) is 5.72. The molecule has 2 rings (SSSR count). The summed E-state index contributed by atoms with van der Waals surface area (Å²) >= 11 is 12.4. The van der Waals surface area contributed by atoms with Crippen LogP contribution in [0.1, 0.15) is 12.5 Å². The number of hydrogen-bond donors (Lipinski definition) is 1. The maximum atomic E-state index is 6.28. The van der Waals surface area contributed by atoms with Crippen LogP contribution in [-0.2, 0) is 6.42 Å². The molecule has 0 heterocycles. The molecular formula is C15H15Cl2NO. The molecule has 2 aromatic rings. The zero-order valence-corrected chi connectivity index (χ0v) is 12.3. The number of halogens is 2. The Balaban J connectivity index is 2.56. The van der Waals surface area contributed by atoms with Gasteiger partial charge < -0.3 is 10.5 Å². The summed E-state index contributed by atoms with van der Waals surface area (Å²) in [6.07, 6.45) is 0.876. The second-order valence-corrected chi connectivity index (χ2v) is 5.05. The van der Waals surface area contributed by atoms with Crippen LogP contribution in [0.2, 0.25) is 10.0 Å². The predicted octanol–water partition coefficient (Wildman–Crippen LogP) is 4.81. The minimum Gasteiger partial charge on any atom is -0.495 e. The summed E-state index contributed by atoms with van der Waals surface area (Å²) in [5, 5.41) is 1.14. The molecule has 100 valence electrons. The van der Waals surface area contributed by atoms with Gasteiger partial charge in [0.25, 0.3) is 0 Å². The van der Waals surface area contributed by atoms with Crippen molar-refractivity contribution in [2.75, 3.05) is 12.8 Å². The summed E-state index contributed by atoms with van der Waals surface area (Å²) in [5.41, 5.74) is 9.68. The molecule has 0 atom stereocenters. The summed E-state index contributed by atoms with van der Waals surface area (Å²) in [6, 6.07) is 9.41. The molecule has 0 bridgehead atoms. The third-order valence-electron chi connectivity index (χ3n) is 3.08. The van der Waals surface area contributed by atoms with Crippen molar-refractivity contribution in [2.45, 2.75) is 13.3 Å². The molecular weight excluding hydrogens is 281 g/mol. The molecule has 0 fully saturated rings. The Labute approximate surface area is 123 Å². The number of anilines is 1. The molecule has 2 N–H and O–H groups in total. The lowest BCUT2D eigenvalue weighted by molar-refractivity contribution is 0.415. The molecule has 0 saturated heterocycles. The van der Waals surface area contributed by atoms with Crippen molar-refractivity contribution in [2.24, 2.45) is 0 Å². The van der Waals surface area contributed by atoms with Crippen molar-refractivity contribution in [3.05, 3.63) is 45.9 Å². The van der Waals surface area contributed by atoms with Crippen molar-refractivity contribution in [3.63, 3.8) is 0 Å². The summed E-state index contributed by atoms with van der Waals surface area (Å²) < 4.78 is 5.14. The van der Waals surface area contributed by atoms with E-state index in [0.717, 1.165) is 28.8 Å². The Morgan fingerprint density at radius 1 is 1.11 bits per heavy atom. The van der Waals surface area contributed by atoms with Gasteiger partial charge in [-0.2, -0.15) is 0 Å². The fourth-order valence-electron chi connectivity index (χ4n) is 1.99. The van der Waals surface area contributed by atoms with E-state index in [2.05, 4.69) is 6.92 Å². The number of ether oxygens (including phenoxy) is 1. The summed E-state index contributed by atoms with van der Waals surface area (Å²) in [7, 11) is 1.57. The third-order valence-corrected chi connectivity index (χ3v) is 3.68. The van der Waals surface area contributed by atoms with E-state index >= 15 is 0 Å². The van der Waals surface area contributed by atoms with E-state index < -0.39 is 0 Å². The van der Waals surface area contributed by atoms with Gasteiger partial charge in [-0.05, 0) is 35.7 Å². The molecule has 0 unspecified atom stereocenters. The fraction of sp³-hybridized carbons (Fsp3) is 0.200. The largest absolute Gasteiger partial charge is 0.495 e. The Hall–Kier alpha value is -1.38. The van der Waals surface area contributed by atoms with Crippen LogP contribution in [0.25, 0.3) is 11.1 Å². The Morgan fingerprint density at radius 2 is 1.84 bits per heavy atom. The van der Waals surface area contributed by atoms with Crippen molar-refractivity contribution >= 4 is 28.9 Å². The van der Waals surface area contributed by atoms with Crippen LogP contribution in [0, 0.1) is 0 Å². The number of nitrogens with two attached hydrogens (primary N) is 1. The Bertz CT molecular complexity index is 611. The average Bonchev–Trinajstić information content (AvgIpc) is 2.41. The SMILES string of the molecule is CCc1cc(-c2cc(Cl)c(OC)cc2Cl)ccc1N. The molecule has 2 aromatic carbocycles. The zero-order valence-electron chi connectivity index (χ0n) is 10.8. The number of nitrogen functional groups attached to an aromatic ring is 1. The van der Waals surface area contributed by atoms with Gasteiger partial charge in [-0.3, -0.25) is 0 Å². The van der Waals surface area contributed by atoms with Gasteiger partial charge in [0.15, 0.2) is 0 Å². The lowest BCUT2D eigenvalue weighted by Gasteiger charge is -2.11. The van der Waals surface area contributed by atoms with Crippen LogP contribution in [0.15, 0.2) is 30.3 Å². The van der Waals surface area contributed by atoms with Crippen LogP contribution >= 0.6 is 23.2 Å². The number of aryl methyl sites for hydroxylation is 1. The van der Waals surface area contributed by atoms with Crippen LogP contribution in [0.3, 0.4) is 0 Å². The lowest BCUT2D eigenvalue weighted by atomic mass is 10.0. The van der Waals surface area contributed by atoms with E-state index in [1.165, 1.54) is 0 Å². The number of rotatable bonds is 3. The molecule has 0 aliphatic carbocycles. The third kappa shape index (κ3) is 2.80. The van der Waals surface area contributed by atoms with Crippen molar-refractivity contribution in [3.8, 4) is 16.9 Å². The summed E-state index contributed by atoms with van der Waals surface area (Å²) in [4.78, 5) is 0. The van der Waals surface area contributed by atoms with Crippen LogP contribution in [0.4, 0.5) is 5.69 Å². The molecule has 19 heavy (non-hydrogen) atoms. The maximum Gasteiger partial charge on any atom is 0.138 e. The molecule has 0 aliphatic heterocycles. The van der Waals surface area contributed by atoms with Gasteiger partial charge in [0.2, 0.25) is 0 Å². The fourth-order valence-corrected chi connectivity index (χ4v) is 2.49. The van der Waals surface area contributed by atoms with Gasteiger partial charge >= 0.3 is 0 Å². The normalized spacial score (nSPS) is 10.5. The molecule has 2 nitrogen and oxygen atoms in total. The minimum atomic E-state index is 0.539. The van der Waals surface area contributed by atoms with E-state index in [-0.39, 0.29) is 0 Å². The first-order valence-electron chi connectivity index (χ1n) is 5.98. The average molecular weight is 296 g/mol. The molecule has 0 amide bonds. The van der Waals surface area contributed by atoms with Crippen molar-refractivity contribution in [1.29, 1.82) is 0 Å². The molecule has 0 aliphatic rings. The second-order valence-electron chi connectivity index (χ2n) is 4.23. The van der Waals surface area contributed by atoms with E-state index in [1.807, 2.05) is 24.3 Å². The number of hydrogen-bond acceptors (Lipinski definition) is 2. The van der Waals surface area contributed by atoms with Gasteiger partial charge in [-0.25, -0.2) is 0 Å². The standard InChI is InChI=1S/C15H15Cl2NO/c1-3-9-6-10(4-5-14(9)18)11-7-13(17)15(19-2)8-12(11)16/h4-8H,3,18H2,1-2H3. The maximum absolute atomic E-state index is 6.28. The van der Waals surface area contributed by atoms with Crippen molar-refractivity contribution < 1.29 is 4.74 Å². The molecule has 0 radical (unpaired) electrons. The quantitative estimate of drug-likeness (QED) is 0.825. The minimum absolute atomic E-state index is 0.539. The highest BCUT2D eigenvalue weighted by atomic mass is 35.5. The van der Waals surface area contributed by atoms with Crippen molar-refractivity contribution in [1.82, 2.24) is 0 Å². The molecule has 0 aromatic heterocycles. The number of methoxy groups -OCH3 is 1. The summed E-state index contributed by atoms with van der Waals surface area (Å²) in [6.45, 7) is 2.07. The van der Waals surface area contributed by atoms with Gasteiger partial charge in [0.1, 0.15) is 5.75 Å². The number of benzene rings is 2. The smallest absolute Gasteiger partial charge is 0.138 e. The lowest BCUT2D eigenvalue weighted by Crippen LogP contribution is -1.94. The van der Waals surface area contributed by atoms with Gasteiger partial charge in [0.05, 0.1) is 17.2 Å². The summed E-state index contributed by atoms with van der Waals surface area (Å²) in [5.74, 6) is 0.571. The molecule has 0 spiro atoms. The Morgan fingerprint density at radius 3 is 2.47 bits per heavy atom. The highest BCUT2D eigenvalue weighted by Gasteiger charge is 2.10. The highest BCUT2D eigenvalue weighted by Crippen LogP contribution is 2.37.